The summed E-state index contributed by atoms with van der Waals surface area (Å²) < 4.78 is 6.09. The van der Waals surface area contributed by atoms with E-state index >= 15 is 0 Å². The van der Waals surface area contributed by atoms with Crippen molar-refractivity contribution >= 4 is 17.5 Å². The summed E-state index contributed by atoms with van der Waals surface area (Å²) in [7, 11) is 0. The van der Waals surface area contributed by atoms with Crippen LogP contribution in [-0.4, -0.2) is 46.9 Å². The van der Waals surface area contributed by atoms with Gasteiger partial charge in [-0.3, -0.25) is 9.69 Å². The lowest BCUT2D eigenvalue weighted by Crippen LogP contribution is -2.34. The summed E-state index contributed by atoms with van der Waals surface area (Å²) in [6, 6.07) is 7.67. The van der Waals surface area contributed by atoms with Gasteiger partial charge in [-0.25, -0.2) is 4.98 Å². The smallest absolute Gasteiger partial charge is 0.219 e. The number of rotatable bonds is 3. The fourth-order valence-electron chi connectivity index (χ4n) is 3.26. The van der Waals surface area contributed by atoms with Crippen LogP contribution in [-0.2, 0) is 4.79 Å². The number of carbonyl (C=O) groups is 1. The summed E-state index contributed by atoms with van der Waals surface area (Å²) in [6.07, 6.45) is 0.966. The minimum Gasteiger partial charge on any atom is -0.439 e. The number of nitrogens with zero attached hydrogens (tertiary/aromatic N) is 3. The maximum Gasteiger partial charge on any atom is 0.219 e. The molecule has 134 valence electrons. The van der Waals surface area contributed by atoms with E-state index in [-0.39, 0.29) is 11.9 Å². The van der Waals surface area contributed by atoms with Crippen molar-refractivity contribution in [2.45, 2.75) is 33.2 Å². The van der Waals surface area contributed by atoms with Crippen LogP contribution in [0.5, 0.6) is 0 Å². The largest absolute Gasteiger partial charge is 0.439 e. The molecule has 0 spiro atoms. The Labute approximate surface area is 153 Å². The molecule has 1 aliphatic heterocycles. The Hall–Kier alpha value is -1.85. The molecule has 0 radical (unpaired) electrons. The number of carbonyl (C=O) groups excluding carboxylic acids is 1. The van der Waals surface area contributed by atoms with E-state index in [9.17, 15) is 4.79 Å². The van der Waals surface area contributed by atoms with Crippen LogP contribution >= 0.6 is 11.6 Å². The quantitative estimate of drug-likeness (QED) is 0.831. The van der Waals surface area contributed by atoms with Crippen molar-refractivity contribution in [1.82, 2.24) is 14.8 Å². The van der Waals surface area contributed by atoms with Crippen LogP contribution in [0.2, 0.25) is 5.02 Å². The molecule has 5 nitrogen and oxygen atoms in total. The zero-order valence-corrected chi connectivity index (χ0v) is 15.7. The van der Waals surface area contributed by atoms with Crippen LogP contribution < -0.4 is 0 Å². The highest BCUT2D eigenvalue weighted by Crippen LogP contribution is 2.30. The summed E-state index contributed by atoms with van der Waals surface area (Å²) in [5.74, 6) is 1.66. The average molecular weight is 362 g/mol. The van der Waals surface area contributed by atoms with E-state index in [1.807, 2.05) is 36.1 Å². The fourth-order valence-corrected chi connectivity index (χ4v) is 3.39. The first-order valence-electron chi connectivity index (χ1n) is 8.68. The topological polar surface area (TPSA) is 49.6 Å². The molecule has 1 aromatic carbocycles. The molecule has 1 amide bonds. The third kappa shape index (κ3) is 4.05. The highest BCUT2D eigenvalue weighted by atomic mass is 35.5. The Bertz CT molecular complexity index is 742. The van der Waals surface area contributed by atoms with Gasteiger partial charge >= 0.3 is 0 Å². The van der Waals surface area contributed by atoms with Crippen LogP contribution in [0.4, 0.5) is 0 Å². The number of hydrogen-bond donors (Lipinski definition) is 0. The molecule has 1 aromatic heterocycles. The van der Waals surface area contributed by atoms with Gasteiger partial charge in [-0.05, 0) is 44.5 Å². The molecule has 1 saturated heterocycles. The average Bonchev–Trinajstić information content (AvgIpc) is 2.82. The first kappa shape index (κ1) is 18.0. The molecular formula is C19H24ClN3O2. The number of halogens is 1. The van der Waals surface area contributed by atoms with E-state index in [1.54, 1.807) is 6.92 Å². The predicted molar refractivity (Wildman–Crippen MR) is 98.5 cm³/mol. The third-order valence-electron chi connectivity index (χ3n) is 4.80. The molecule has 25 heavy (non-hydrogen) atoms. The van der Waals surface area contributed by atoms with Crippen LogP contribution in [0.1, 0.15) is 37.9 Å². The molecule has 3 rings (SSSR count). The first-order valence-corrected chi connectivity index (χ1v) is 9.06. The highest BCUT2D eigenvalue weighted by molar-refractivity contribution is 6.30. The van der Waals surface area contributed by atoms with Crippen molar-refractivity contribution in [1.29, 1.82) is 0 Å². The lowest BCUT2D eigenvalue weighted by atomic mass is 10.1. The second-order valence-electron chi connectivity index (χ2n) is 6.55. The third-order valence-corrected chi connectivity index (χ3v) is 5.05. The molecule has 1 unspecified atom stereocenters. The Morgan fingerprint density at radius 3 is 2.60 bits per heavy atom. The number of aromatic nitrogens is 1. The van der Waals surface area contributed by atoms with E-state index < -0.39 is 0 Å². The normalized spacial score (nSPS) is 17.4. The van der Waals surface area contributed by atoms with Gasteiger partial charge in [0.2, 0.25) is 11.8 Å². The number of aryl methyl sites for hydroxylation is 1. The zero-order chi connectivity index (χ0) is 18.0. The van der Waals surface area contributed by atoms with Crippen molar-refractivity contribution in [3.05, 3.63) is 40.9 Å². The minimum atomic E-state index is 0.0756. The van der Waals surface area contributed by atoms with E-state index in [2.05, 4.69) is 16.8 Å². The van der Waals surface area contributed by atoms with Crippen LogP contribution in [0.25, 0.3) is 11.3 Å². The molecule has 1 fully saturated rings. The lowest BCUT2D eigenvalue weighted by Gasteiger charge is -2.25. The van der Waals surface area contributed by atoms with Gasteiger partial charge in [0.25, 0.3) is 0 Å². The van der Waals surface area contributed by atoms with Crippen molar-refractivity contribution < 1.29 is 9.21 Å². The minimum absolute atomic E-state index is 0.0756. The van der Waals surface area contributed by atoms with Gasteiger partial charge in [0.1, 0.15) is 0 Å². The van der Waals surface area contributed by atoms with Gasteiger partial charge in [-0.1, -0.05) is 11.6 Å². The Kier molecular flexibility index (Phi) is 5.45. The summed E-state index contributed by atoms with van der Waals surface area (Å²) in [5, 5.41) is 0.703. The lowest BCUT2D eigenvalue weighted by molar-refractivity contribution is -0.128. The molecular weight excluding hydrogens is 338 g/mol. The molecule has 1 aliphatic rings. The van der Waals surface area contributed by atoms with Crippen LogP contribution in [0.15, 0.2) is 28.7 Å². The van der Waals surface area contributed by atoms with E-state index in [0.29, 0.717) is 5.02 Å². The molecule has 1 atom stereocenters. The van der Waals surface area contributed by atoms with Crippen LogP contribution in [0, 0.1) is 6.92 Å². The van der Waals surface area contributed by atoms with Crippen LogP contribution in [0.3, 0.4) is 0 Å². The van der Waals surface area contributed by atoms with Gasteiger partial charge in [-0.15, -0.1) is 0 Å². The summed E-state index contributed by atoms with van der Waals surface area (Å²) in [6.45, 7) is 9.04. The molecule has 0 saturated carbocycles. The fraction of sp³-hybridized carbons (Fsp3) is 0.474. The number of oxazole rings is 1. The molecule has 0 aliphatic carbocycles. The molecule has 0 N–H and O–H groups in total. The Morgan fingerprint density at radius 2 is 1.92 bits per heavy atom. The number of amides is 1. The molecule has 6 heteroatoms. The van der Waals surface area contributed by atoms with Crippen molar-refractivity contribution in [2.24, 2.45) is 0 Å². The maximum atomic E-state index is 11.6. The van der Waals surface area contributed by atoms with Gasteiger partial charge < -0.3 is 9.32 Å². The van der Waals surface area contributed by atoms with E-state index in [0.717, 1.165) is 55.5 Å². The SMILES string of the molecule is CC(=O)N1CCCN(C(C)c2nc(C)c(-c3ccc(Cl)cc3)o2)CC1. The summed E-state index contributed by atoms with van der Waals surface area (Å²) >= 11 is 5.96. The van der Waals surface area contributed by atoms with Crippen molar-refractivity contribution in [3.8, 4) is 11.3 Å². The number of hydrogen-bond acceptors (Lipinski definition) is 4. The molecule has 2 aromatic rings. The van der Waals surface area contributed by atoms with Gasteiger partial charge in [0.15, 0.2) is 5.76 Å². The second kappa shape index (κ2) is 7.58. The van der Waals surface area contributed by atoms with Gasteiger partial charge in [0, 0.05) is 43.7 Å². The van der Waals surface area contributed by atoms with Gasteiger partial charge in [0.05, 0.1) is 11.7 Å². The number of benzene rings is 1. The predicted octanol–water partition coefficient (Wildman–Crippen LogP) is 3.92. The zero-order valence-electron chi connectivity index (χ0n) is 15.0. The van der Waals surface area contributed by atoms with Crippen molar-refractivity contribution in [2.75, 3.05) is 26.2 Å². The highest BCUT2D eigenvalue weighted by Gasteiger charge is 2.25. The molecule has 0 bridgehead atoms. The molecule has 2 heterocycles. The maximum absolute atomic E-state index is 11.6. The van der Waals surface area contributed by atoms with Crippen molar-refractivity contribution in [3.63, 3.8) is 0 Å². The summed E-state index contributed by atoms with van der Waals surface area (Å²) in [5.41, 5.74) is 1.86. The summed E-state index contributed by atoms with van der Waals surface area (Å²) in [4.78, 5) is 20.5. The first-order chi connectivity index (χ1) is 12.0. The van der Waals surface area contributed by atoms with Gasteiger partial charge in [-0.2, -0.15) is 0 Å². The Morgan fingerprint density at radius 1 is 1.20 bits per heavy atom. The van der Waals surface area contributed by atoms with E-state index in [1.165, 1.54) is 0 Å². The Balaban J connectivity index is 1.76. The monoisotopic (exact) mass is 361 g/mol. The van der Waals surface area contributed by atoms with E-state index in [4.69, 9.17) is 16.0 Å². The second-order valence-corrected chi connectivity index (χ2v) is 6.98. The standard InChI is InChI=1S/C19H24ClN3O2/c1-13-18(16-5-7-17(20)8-6-16)25-19(21-13)14(2)22-9-4-10-23(12-11-22)15(3)24/h5-8,14H,4,9-12H2,1-3H3.